The number of anilines is 1. The highest BCUT2D eigenvalue weighted by Crippen LogP contribution is 2.29. The monoisotopic (exact) mass is 287 g/mol. The Balaban J connectivity index is 2.26. The van der Waals surface area contributed by atoms with Crippen molar-refractivity contribution in [3.8, 4) is 0 Å². The predicted molar refractivity (Wildman–Crippen MR) is 73.6 cm³/mol. The minimum Gasteiger partial charge on any atom is -0.389 e. The summed E-state index contributed by atoms with van der Waals surface area (Å²) in [6.07, 6.45) is -0.566. The van der Waals surface area contributed by atoms with E-state index in [1.165, 1.54) is 0 Å². The molecular weight excluding hydrogens is 274 g/mol. The molecule has 0 saturated carbocycles. The lowest BCUT2D eigenvalue weighted by Crippen LogP contribution is -2.32. The van der Waals surface area contributed by atoms with Crippen LogP contribution in [-0.2, 0) is 4.74 Å². The summed E-state index contributed by atoms with van der Waals surface area (Å²) in [6.45, 7) is 0.713. The van der Waals surface area contributed by atoms with Crippen LogP contribution in [-0.4, -0.2) is 48.5 Å². The van der Waals surface area contributed by atoms with Gasteiger partial charge in [0.1, 0.15) is 0 Å². The molecule has 0 bridgehead atoms. The average Bonchev–Trinajstić information content (AvgIpc) is 2.75. The van der Waals surface area contributed by atoms with Crippen LogP contribution in [0.15, 0.2) is 11.4 Å². The number of fused-ring (bicyclic) bond motifs is 1. The topological polar surface area (TPSA) is 58.5 Å². The van der Waals surface area contributed by atoms with Crippen molar-refractivity contribution in [1.82, 2.24) is 9.97 Å². The Morgan fingerprint density at radius 1 is 1.56 bits per heavy atom. The Morgan fingerprint density at radius 2 is 2.33 bits per heavy atom. The van der Waals surface area contributed by atoms with E-state index < -0.39 is 6.10 Å². The lowest BCUT2D eigenvalue weighted by atomic mass is 10.3. The smallest absolute Gasteiger partial charge is 0.224 e. The van der Waals surface area contributed by atoms with E-state index in [0.29, 0.717) is 6.54 Å². The molecule has 0 fully saturated rings. The van der Waals surface area contributed by atoms with Crippen molar-refractivity contribution in [2.45, 2.75) is 6.10 Å². The first-order valence-corrected chi connectivity index (χ1v) is 6.66. The summed E-state index contributed by atoms with van der Waals surface area (Å²) in [7, 11) is 3.42. The average molecular weight is 288 g/mol. The van der Waals surface area contributed by atoms with Crippen molar-refractivity contribution in [1.29, 1.82) is 0 Å². The Morgan fingerprint density at radius 3 is 3.06 bits per heavy atom. The van der Waals surface area contributed by atoms with Gasteiger partial charge in [-0.25, -0.2) is 4.98 Å². The number of hydrogen-bond acceptors (Lipinski definition) is 6. The molecule has 18 heavy (non-hydrogen) atoms. The quantitative estimate of drug-likeness (QED) is 0.850. The van der Waals surface area contributed by atoms with Crippen LogP contribution >= 0.6 is 22.9 Å². The summed E-state index contributed by atoms with van der Waals surface area (Å²) in [4.78, 5) is 10.2. The molecule has 0 aliphatic heterocycles. The first kappa shape index (κ1) is 13.5. The number of rotatable bonds is 5. The molecule has 98 valence electrons. The van der Waals surface area contributed by atoms with Crippen molar-refractivity contribution in [3.63, 3.8) is 0 Å². The Labute approximate surface area is 114 Å². The first-order chi connectivity index (χ1) is 8.61. The molecule has 7 heteroatoms. The van der Waals surface area contributed by atoms with Crippen molar-refractivity contribution in [3.05, 3.63) is 16.7 Å². The summed E-state index contributed by atoms with van der Waals surface area (Å²) < 4.78 is 5.87. The van der Waals surface area contributed by atoms with E-state index >= 15 is 0 Å². The van der Waals surface area contributed by atoms with Gasteiger partial charge in [-0.05, 0) is 23.0 Å². The van der Waals surface area contributed by atoms with Gasteiger partial charge in [-0.1, -0.05) is 0 Å². The fourth-order valence-electron chi connectivity index (χ4n) is 1.73. The van der Waals surface area contributed by atoms with Crippen molar-refractivity contribution < 1.29 is 9.84 Å². The number of aliphatic hydroxyl groups excluding tert-OH is 1. The van der Waals surface area contributed by atoms with Crippen LogP contribution in [0.1, 0.15) is 0 Å². The summed E-state index contributed by atoms with van der Waals surface area (Å²) in [5, 5.41) is 11.9. The predicted octanol–water partition coefficient (Wildman–Crippen LogP) is 1.79. The Kier molecular flexibility index (Phi) is 4.34. The van der Waals surface area contributed by atoms with E-state index in [-0.39, 0.29) is 11.9 Å². The van der Waals surface area contributed by atoms with Crippen LogP contribution in [0.5, 0.6) is 0 Å². The van der Waals surface area contributed by atoms with Gasteiger partial charge < -0.3 is 14.7 Å². The molecule has 2 aromatic heterocycles. The SMILES string of the molecule is COCC(O)CN(C)c1nc(Cl)nc2ccsc12. The second-order valence-corrected chi connectivity index (χ2v) is 5.20. The Bertz CT molecular complexity index is 534. The standard InChI is InChI=1S/C11H14ClN3O2S/c1-15(5-7(16)6-17-2)10-9-8(3-4-18-9)13-11(12)14-10/h3-4,7,16H,5-6H2,1-2H3. The number of halogens is 1. The van der Waals surface area contributed by atoms with E-state index in [2.05, 4.69) is 9.97 Å². The summed E-state index contributed by atoms with van der Waals surface area (Å²) in [6, 6.07) is 1.90. The van der Waals surface area contributed by atoms with Gasteiger partial charge in [-0.2, -0.15) is 4.98 Å². The van der Waals surface area contributed by atoms with Gasteiger partial charge >= 0.3 is 0 Å². The number of methoxy groups -OCH3 is 1. The Hall–Kier alpha value is -0.950. The molecule has 1 N–H and O–H groups in total. The zero-order valence-corrected chi connectivity index (χ0v) is 11.7. The number of likely N-dealkylation sites (N-methyl/N-ethyl adjacent to an activating group) is 1. The third kappa shape index (κ3) is 2.89. The van der Waals surface area contributed by atoms with Crippen LogP contribution in [0, 0.1) is 0 Å². The fourth-order valence-corrected chi connectivity index (χ4v) is 2.77. The molecule has 0 saturated heterocycles. The number of hydrogen-bond donors (Lipinski definition) is 1. The van der Waals surface area contributed by atoms with Gasteiger partial charge in [-0.15, -0.1) is 11.3 Å². The highest BCUT2D eigenvalue weighted by atomic mass is 35.5. The number of nitrogens with zero attached hydrogens (tertiary/aromatic N) is 3. The number of aliphatic hydroxyl groups is 1. The van der Waals surface area contributed by atoms with Gasteiger partial charge in [0.2, 0.25) is 5.28 Å². The summed E-state index contributed by atoms with van der Waals surface area (Å²) in [5.74, 6) is 0.732. The van der Waals surface area contributed by atoms with E-state index in [1.807, 2.05) is 23.4 Å². The van der Waals surface area contributed by atoms with Crippen molar-refractivity contribution in [2.75, 3.05) is 32.2 Å². The molecule has 2 heterocycles. The maximum absolute atomic E-state index is 9.73. The van der Waals surface area contributed by atoms with Gasteiger partial charge in [0.15, 0.2) is 5.82 Å². The third-order valence-corrected chi connectivity index (χ3v) is 3.53. The lowest BCUT2D eigenvalue weighted by molar-refractivity contribution is 0.0694. The van der Waals surface area contributed by atoms with Crippen LogP contribution in [0.2, 0.25) is 5.28 Å². The lowest BCUT2D eigenvalue weighted by Gasteiger charge is -2.21. The van der Waals surface area contributed by atoms with Crippen LogP contribution in [0.3, 0.4) is 0 Å². The zero-order chi connectivity index (χ0) is 13.1. The molecule has 0 amide bonds. The van der Waals surface area contributed by atoms with Crippen LogP contribution in [0.4, 0.5) is 5.82 Å². The van der Waals surface area contributed by atoms with Gasteiger partial charge in [0, 0.05) is 20.7 Å². The maximum atomic E-state index is 9.73. The van der Waals surface area contributed by atoms with Gasteiger partial charge in [-0.3, -0.25) is 0 Å². The maximum Gasteiger partial charge on any atom is 0.224 e. The van der Waals surface area contributed by atoms with Crippen LogP contribution in [0.25, 0.3) is 10.2 Å². The number of aromatic nitrogens is 2. The van der Waals surface area contributed by atoms with E-state index in [1.54, 1.807) is 18.4 Å². The molecule has 5 nitrogen and oxygen atoms in total. The first-order valence-electron chi connectivity index (χ1n) is 5.40. The molecule has 0 radical (unpaired) electrons. The minimum atomic E-state index is -0.566. The molecule has 0 aromatic carbocycles. The fraction of sp³-hybridized carbons (Fsp3) is 0.455. The number of ether oxygens (including phenoxy) is 1. The molecular formula is C11H14ClN3O2S. The summed E-state index contributed by atoms with van der Waals surface area (Å²) >= 11 is 7.44. The highest BCUT2D eigenvalue weighted by molar-refractivity contribution is 7.17. The van der Waals surface area contributed by atoms with Gasteiger partial charge in [0.25, 0.3) is 0 Å². The second kappa shape index (κ2) is 5.79. The minimum absolute atomic E-state index is 0.212. The normalized spacial score (nSPS) is 12.9. The van der Waals surface area contributed by atoms with Crippen molar-refractivity contribution >= 4 is 39.0 Å². The molecule has 1 atom stereocenters. The number of thiophene rings is 1. The van der Waals surface area contributed by atoms with E-state index in [0.717, 1.165) is 16.0 Å². The third-order valence-electron chi connectivity index (χ3n) is 2.46. The second-order valence-electron chi connectivity index (χ2n) is 3.94. The van der Waals surface area contributed by atoms with Crippen LogP contribution < -0.4 is 4.90 Å². The van der Waals surface area contributed by atoms with Gasteiger partial charge in [0.05, 0.1) is 22.9 Å². The molecule has 2 aromatic rings. The van der Waals surface area contributed by atoms with E-state index in [4.69, 9.17) is 16.3 Å². The van der Waals surface area contributed by atoms with E-state index in [9.17, 15) is 5.11 Å². The highest BCUT2D eigenvalue weighted by Gasteiger charge is 2.15. The van der Waals surface area contributed by atoms with Crippen molar-refractivity contribution in [2.24, 2.45) is 0 Å². The molecule has 2 rings (SSSR count). The summed E-state index contributed by atoms with van der Waals surface area (Å²) in [5.41, 5.74) is 0.822. The molecule has 0 spiro atoms. The largest absolute Gasteiger partial charge is 0.389 e. The molecule has 0 aliphatic carbocycles. The zero-order valence-electron chi connectivity index (χ0n) is 10.1. The molecule has 0 aliphatic rings. The molecule has 1 unspecified atom stereocenters.